The lowest BCUT2D eigenvalue weighted by Crippen LogP contribution is -2.31. The normalized spacial score (nSPS) is 14.4. The summed E-state index contributed by atoms with van der Waals surface area (Å²) >= 11 is 7.55. The van der Waals surface area contributed by atoms with Crippen LogP contribution < -0.4 is 10.6 Å². The number of benzene rings is 2. The van der Waals surface area contributed by atoms with Crippen molar-refractivity contribution in [1.82, 2.24) is 10.6 Å². The van der Waals surface area contributed by atoms with Gasteiger partial charge in [-0.05, 0) is 42.5 Å². The smallest absolute Gasteiger partial charge is 0.252 e. The van der Waals surface area contributed by atoms with Crippen LogP contribution in [-0.2, 0) is 11.3 Å². The Bertz CT molecular complexity index is 837. The van der Waals surface area contributed by atoms with Gasteiger partial charge in [0.2, 0.25) is 5.91 Å². The molecule has 6 heteroatoms. The summed E-state index contributed by atoms with van der Waals surface area (Å²) in [6.45, 7) is 1.12. The number of halogens is 1. The van der Waals surface area contributed by atoms with Crippen LogP contribution in [0.25, 0.3) is 0 Å². The maximum absolute atomic E-state index is 12.7. The van der Waals surface area contributed by atoms with E-state index in [1.807, 2.05) is 36.4 Å². The number of rotatable bonds is 8. The van der Waals surface area contributed by atoms with E-state index in [9.17, 15) is 9.59 Å². The monoisotopic (exact) mass is 430 g/mol. The fourth-order valence-electron chi connectivity index (χ4n) is 3.54. The van der Waals surface area contributed by atoms with Gasteiger partial charge in [0.1, 0.15) is 0 Å². The molecule has 0 radical (unpaired) electrons. The van der Waals surface area contributed by atoms with Crippen LogP contribution in [0.4, 0.5) is 0 Å². The molecule has 1 fully saturated rings. The first kappa shape index (κ1) is 21.7. The summed E-state index contributed by atoms with van der Waals surface area (Å²) in [5.74, 6) is 0.768. The Labute approximate surface area is 181 Å². The number of thioether (sulfide) groups is 1. The van der Waals surface area contributed by atoms with Gasteiger partial charge in [-0.2, -0.15) is 0 Å². The van der Waals surface area contributed by atoms with Crippen molar-refractivity contribution in [2.24, 2.45) is 5.92 Å². The minimum absolute atomic E-state index is 0.0202. The molecule has 0 spiro atoms. The second kappa shape index (κ2) is 11.3. The molecule has 0 aliphatic heterocycles. The Balaban J connectivity index is 1.50. The van der Waals surface area contributed by atoms with Gasteiger partial charge in [0.25, 0.3) is 5.91 Å². The number of nitrogens with one attached hydrogen (secondary N) is 2. The van der Waals surface area contributed by atoms with E-state index < -0.39 is 0 Å². The predicted octanol–water partition coefficient (Wildman–Crippen LogP) is 5.06. The van der Waals surface area contributed by atoms with Crippen LogP contribution in [0.1, 0.15) is 48.0 Å². The molecular formula is C23H27ClN2O2S. The summed E-state index contributed by atoms with van der Waals surface area (Å²) in [5, 5.41) is 6.59. The van der Waals surface area contributed by atoms with Gasteiger partial charge >= 0.3 is 0 Å². The highest BCUT2D eigenvalue weighted by Crippen LogP contribution is 2.24. The van der Waals surface area contributed by atoms with Crippen molar-refractivity contribution in [2.45, 2.75) is 43.5 Å². The topological polar surface area (TPSA) is 58.2 Å². The van der Waals surface area contributed by atoms with Gasteiger partial charge in [0.15, 0.2) is 0 Å². The van der Waals surface area contributed by atoms with Crippen molar-refractivity contribution in [1.29, 1.82) is 0 Å². The molecule has 2 N–H and O–H groups in total. The Hall–Kier alpha value is -1.98. The van der Waals surface area contributed by atoms with E-state index in [2.05, 4.69) is 10.6 Å². The highest BCUT2D eigenvalue weighted by atomic mass is 35.5. The molecule has 1 aliphatic rings. The molecule has 0 saturated heterocycles. The highest BCUT2D eigenvalue weighted by molar-refractivity contribution is 8.00. The summed E-state index contributed by atoms with van der Waals surface area (Å²) in [6.07, 6.45) is 6.28. The average molecular weight is 431 g/mol. The van der Waals surface area contributed by atoms with Gasteiger partial charge in [-0.25, -0.2) is 0 Å². The van der Waals surface area contributed by atoms with Crippen LogP contribution in [0.3, 0.4) is 0 Å². The molecule has 1 aliphatic carbocycles. The molecule has 29 heavy (non-hydrogen) atoms. The molecule has 0 aromatic heterocycles. The minimum Gasteiger partial charge on any atom is -0.355 e. The predicted molar refractivity (Wildman–Crippen MR) is 119 cm³/mol. The number of hydrogen-bond donors (Lipinski definition) is 2. The van der Waals surface area contributed by atoms with Crippen LogP contribution in [0, 0.1) is 5.92 Å². The standard InChI is InChI=1S/C23H27ClN2O2S/c24-20-12-6-4-10-18(20)15-26-23(28)19-11-5-7-13-21(19)29-16-22(27)25-14-17-8-2-1-3-9-17/h4-7,10-13,17H,1-3,8-9,14-16H2,(H,25,27)(H,26,28). The van der Waals surface area contributed by atoms with Crippen molar-refractivity contribution in [3.05, 3.63) is 64.7 Å². The maximum Gasteiger partial charge on any atom is 0.252 e. The zero-order valence-corrected chi connectivity index (χ0v) is 18.0. The van der Waals surface area contributed by atoms with Gasteiger partial charge in [-0.3, -0.25) is 9.59 Å². The zero-order valence-electron chi connectivity index (χ0n) is 16.5. The van der Waals surface area contributed by atoms with E-state index in [0.29, 0.717) is 28.8 Å². The van der Waals surface area contributed by atoms with Crippen molar-refractivity contribution in [2.75, 3.05) is 12.3 Å². The first-order valence-corrected chi connectivity index (χ1v) is 11.5. The summed E-state index contributed by atoms with van der Waals surface area (Å²) in [6, 6.07) is 14.8. The fraction of sp³-hybridized carbons (Fsp3) is 0.391. The Kier molecular flexibility index (Phi) is 8.44. The van der Waals surface area contributed by atoms with Gasteiger partial charge < -0.3 is 10.6 Å². The molecule has 2 aromatic rings. The molecule has 0 unspecified atom stereocenters. The van der Waals surface area contributed by atoms with Gasteiger partial charge in [-0.15, -0.1) is 11.8 Å². The van der Waals surface area contributed by atoms with Crippen molar-refractivity contribution < 1.29 is 9.59 Å². The second-order valence-corrected chi connectivity index (χ2v) is 8.79. The Morgan fingerprint density at radius 3 is 2.48 bits per heavy atom. The number of amides is 2. The third-order valence-corrected chi connectivity index (χ3v) is 6.64. The van der Waals surface area contributed by atoms with Gasteiger partial charge in [0.05, 0.1) is 11.3 Å². The summed E-state index contributed by atoms with van der Waals surface area (Å²) in [5.41, 5.74) is 1.44. The molecule has 1 saturated carbocycles. The quantitative estimate of drug-likeness (QED) is 0.575. The summed E-state index contributed by atoms with van der Waals surface area (Å²) < 4.78 is 0. The molecule has 2 amide bonds. The van der Waals surface area contributed by atoms with Gasteiger partial charge in [-0.1, -0.05) is 61.2 Å². The molecular weight excluding hydrogens is 404 g/mol. The van der Waals surface area contributed by atoms with E-state index in [4.69, 9.17) is 11.6 Å². The average Bonchev–Trinajstić information content (AvgIpc) is 2.76. The Morgan fingerprint density at radius 1 is 0.966 bits per heavy atom. The van der Waals surface area contributed by atoms with E-state index in [-0.39, 0.29) is 11.8 Å². The molecule has 3 rings (SSSR count). The van der Waals surface area contributed by atoms with Crippen molar-refractivity contribution >= 4 is 35.2 Å². The van der Waals surface area contributed by atoms with Crippen LogP contribution in [0.15, 0.2) is 53.4 Å². The van der Waals surface area contributed by atoms with E-state index in [0.717, 1.165) is 17.0 Å². The molecule has 0 atom stereocenters. The maximum atomic E-state index is 12.7. The van der Waals surface area contributed by atoms with Crippen LogP contribution in [0.2, 0.25) is 5.02 Å². The van der Waals surface area contributed by atoms with Crippen molar-refractivity contribution in [3.63, 3.8) is 0 Å². The third-order valence-electron chi connectivity index (χ3n) is 5.20. The number of carbonyl (C=O) groups is 2. The van der Waals surface area contributed by atoms with E-state index in [1.54, 1.807) is 12.1 Å². The molecule has 154 valence electrons. The lowest BCUT2D eigenvalue weighted by Gasteiger charge is -2.21. The first-order valence-electron chi connectivity index (χ1n) is 10.1. The summed E-state index contributed by atoms with van der Waals surface area (Å²) in [7, 11) is 0. The second-order valence-electron chi connectivity index (χ2n) is 7.37. The van der Waals surface area contributed by atoms with Crippen molar-refractivity contribution in [3.8, 4) is 0 Å². The van der Waals surface area contributed by atoms with E-state index >= 15 is 0 Å². The molecule has 2 aromatic carbocycles. The van der Waals surface area contributed by atoms with Crippen LogP contribution >= 0.6 is 23.4 Å². The van der Waals surface area contributed by atoms with Gasteiger partial charge in [0, 0.05) is 23.0 Å². The molecule has 4 nitrogen and oxygen atoms in total. The zero-order chi connectivity index (χ0) is 20.5. The highest BCUT2D eigenvalue weighted by Gasteiger charge is 2.16. The Morgan fingerprint density at radius 2 is 1.69 bits per heavy atom. The van der Waals surface area contributed by atoms with Crippen LogP contribution in [0.5, 0.6) is 0 Å². The summed E-state index contributed by atoms with van der Waals surface area (Å²) in [4.78, 5) is 25.7. The fourth-order valence-corrected chi connectivity index (χ4v) is 4.62. The lowest BCUT2D eigenvalue weighted by molar-refractivity contribution is -0.118. The van der Waals surface area contributed by atoms with E-state index in [1.165, 1.54) is 43.9 Å². The largest absolute Gasteiger partial charge is 0.355 e. The SMILES string of the molecule is O=C(CSc1ccccc1C(=O)NCc1ccccc1Cl)NCC1CCCCC1. The minimum atomic E-state index is -0.171. The molecule has 0 heterocycles. The first-order chi connectivity index (χ1) is 14.1. The molecule has 0 bridgehead atoms. The number of hydrogen-bond acceptors (Lipinski definition) is 3. The third kappa shape index (κ3) is 6.79. The lowest BCUT2D eigenvalue weighted by atomic mass is 9.89. The number of carbonyl (C=O) groups excluding carboxylic acids is 2. The van der Waals surface area contributed by atoms with Crippen LogP contribution in [-0.4, -0.2) is 24.1 Å².